The fourth-order valence-electron chi connectivity index (χ4n) is 3.63. The Morgan fingerprint density at radius 3 is 2.76 bits per heavy atom. The van der Waals surface area contributed by atoms with Gasteiger partial charge in [-0.05, 0) is 37.3 Å². The molecule has 1 saturated carbocycles. The van der Waals surface area contributed by atoms with E-state index in [0.717, 1.165) is 25.7 Å². The summed E-state index contributed by atoms with van der Waals surface area (Å²) in [5, 5.41) is 9.68. The number of fused-ring (bicyclic) bond motifs is 1. The minimum absolute atomic E-state index is 0.0214. The molecule has 1 aliphatic carbocycles. The van der Waals surface area contributed by atoms with Crippen LogP contribution in [0.1, 0.15) is 42.6 Å². The number of likely N-dealkylation sites (tertiary alicyclic amines) is 1. The maximum Gasteiger partial charge on any atom is 0.326 e. The van der Waals surface area contributed by atoms with Crippen molar-refractivity contribution in [3.05, 3.63) is 29.0 Å². The van der Waals surface area contributed by atoms with Crippen molar-refractivity contribution >= 4 is 23.5 Å². The summed E-state index contributed by atoms with van der Waals surface area (Å²) in [6.45, 7) is 0. The molecule has 1 aromatic heterocycles. The van der Waals surface area contributed by atoms with Crippen molar-refractivity contribution in [2.24, 2.45) is 5.92 Å². The SMILES string of the molecule is O=C(O)C1CC2CCCCC2N1C(=O)c1cccc(Cl)n1. The third-order valence-corrected chi connectivity index (χ3v) is 4.75. The van der Waals surface area contributed by atoms with Crippen LogP contribution in [0.3, 0.4) is 0 Å². The Bertz CT molecular complexity index is 578. The molecule has 1 aromatic rings. The predicted molar refractivity (Wildman–Crippen MR) is 77.2 cm³/mol. The van der Waals surface area contributed by atoms with Gasteiger partial charge in [0, 0.05) is 6.04 Å². The Hall–Kier alpha value is -1.62. The molecule has 112 valence electrons. The Balaban J connectivity index is 1.92. The predicted octanol–water partition coefficient (Wildman–Crippen LogP) is 2.59. The maximum absolute atomic E-state index is 12.7. The second-order valence-electron chi connectivity index (χ2n) is 5.76. The van der Waals surface area contributed by atoms with E-state index in [1.807, 2.05) is 0 Å². The molecule has 2 fully saturated rings. The highest BCUT2D eigenvalue weighted by molar-refractivity contribution is 6.29. The molecule has 3 rings (SSSR count). The number of hydrogen-bond donors (Lipinski definition) is 1. The lowest BCUT2D eigenvalue weighted by molar-refractivity contribution is -0.141. The molecule has 0 spiro atoms. The average molecular weight is 309 g/mol. The standard InChI is InChI=1S/C15H17ClN2O3/c16-13-7-3-5-10(17-13)14(19)18-11-6-2-1-4-9(11)8-12(18)15(20)21/h3,5,7,9,11-12H,1-2,4,6,8H2,(H,20,21). The van der Waals surface area contributed by atoms with Crippen LogP contribution < -0.4 is 0 Å². The average Bonchev–Trinajstić information content (AvgIpc) is 2.86. The zero-order chi connectivity index (χ0) is 15.0. The third kappa shape index (κ3) is 2.62. The number of carboxylic acids is 1. The van der Waals surface area contributed by atoms with Crippen LogP contribution in [0.2, 0.25) is 5.15 Å². The second-order valence-corrected chi connectivity index (χ2v) is 6.15. The minimum Gasteiger partial charge on any atom is -0.480 e. The van der Waals surface area contributed by atoms with Gasteiger partial charge < -0.3 is 10.0 Å². The largest absolute Gasteiger partial charge is 0.480 e. The van der Waals surface area contributed by atoms with Crippen molar-refractivity contribution in [3.8, 4) is 0 Å². The zero-order valence-corrected chi connectivity index (χ0v) is 12.3. The van der Waals surface area contributed by atoms with Gasteiger partial charge in [0.05, 0.1) is 0 Å². The number of hydrogen-bond acceptors (Lipinski definition) is 3. The summed E-state index contributed by atoms with van der Waals surface area (Å²) >= 11 is 5.83. The Kier molecular flexibility index (Phi) is 3.85. The first kappa shape index (κ1) is 14.3. The number of aromatic nitrogens is 1. The van der Waals surface area contributed by atoms with Crippen molar-refractivity contribution in [3.63, 3.8) is 0 Å². The molecule has 3 unspecified atom stereocenters. The van der Waals surface area contributed by atoms with Crippen LogP contribution in [-0.4, -0.2) is 39.0 Å². The number of aliphatic carboxylic acids is 1. The molecule has 1 N–H and O–H groups in total. The molecule has 21 heavy (non-hydrogen) atoms. The number of rotatable bonds is 2. The highest BCUT2D eigenvalue weighted by Crippen LogP contribution is 2.40. The zero-order valence-electron chi connectivity index (χ0n) is 11.5. The van der Waals surface area contributed by atoms with E-state index < -0.39 is 12.0 Å². The van der Waals surface area contributed by atoms with E-state index >= 15 is 0 Å². The van der Waals surface area contributed by atoms with Crippen LogP contribution in [0.5, 0.6) is 0 Å². The molecule has 1 aliphatic heterocycles. The van der Waals surface area contributed by atoms with Gasteiger partial charge in [0.25, 0.3) is 5.91 Å². The van der Waals surface area contributed by atoms with Gasteiger partial charge in [-0.2, -0.15) is 0 Å². The van der Waals surface area contributed by atoms with Crippen molar-refractivity contribution in [2.45, 2.75) is 44.2 Å². The number of pyridine rings is 1. The lowest BCUT2D eigenvalue weighted by atomic mass is 9.84. The molecule has 2 aliphatic rings. The summed E-state index contributed by atoms with van der Waals surface area (Å²) in [6, 6.07) is 4.12. The van der Waals surface area contributed by atoms with Gasteiger partial charge in [-0.15, -0.1) is 0 Å². The van der Waals surface area contributed by atoms with Crippen LogP contribution in [-0.2, 0) is 4.79 Å². The van der Waals surface area contributed by atoms with Crippen molar-refractivity contribution in [2.75, 3.05) is 0 Å². The Labute approximate surface area is 127 Å². The molecular weight excluding hydrogens is 292 g/mol. The molecule has 1 amide bonds. The molecule has 3 atom stereocenters. The third-order valence-electron chi connectivity index (χ3n) is 4.54. The first-order valence-corrected chi connectivity index (χ1v) is 7.64. The van der Waals surface area contributed by atoms with E-state index in [1.54, 1.807) is 18.2 Å². The Morgan fingerprint density at radius 2 is 2.05 bits per heavy atom. The number of carbonyl (C=O) groups is 2. The summed E-state index contributed by atoms with van der Waals surface area (Å²) in [5.41, 5.74) is 0.222. The first-order valence-electron chi connectivity index (χ1n) is 7.26. The molecular formula is C15H17ClN2O3. The molecule has 1 saturated heterocycles. The van der Waals surface area contributed by atoms with Gasteiger partial charge in [0.15, 0.2) is 0 Å². The number of amides is 1. The van der Waals surface area contributed by atoms with Crippen molar-refractivity contribution < 1.29 is 14.7 Å². The highest BCUT2D eigenvalue weighted by atomic mass is 35.5. The molecule has 0 aromatic carbocycles. The number of nitrogens with zero attached hydrogens (tertiary/aromatic N) is 2. The molecule has 5 nitrogen and oxygen atoms in total. The van der Waals surface area contributed by atoms with Crippen LogP contribution in [0, 0.1) is 5.92 Å². The fourth-order valence-corrected chi connectivity index (χ4v) is 3.80. The van der Waals surface area contributed by atoms with Gasteiger partial charge >= 0.3 is 5.97 Å². The smallest absolute Gasteiger partial charge is 0.326 e. The lowest BCUT2D eigenvalue weighted by Gasteiger charge is -2.32. The fraction of sp³-hybridized carbons (Fsp3) is 0.533. The van der Waals surface area contributed by atoms with Gasteiger partial charge in [0.2, 0.25) is 0 Å². The van der Waals surface area contributed by atoms with Crippen molar-refractivity contribution in [1.29, 1.82) is 0 Å². The molecule has 0 radical (unpaired) electrons. The van der Waals surface area contributed by atoms with Crippen molar-refractivity contribution in [1.82, 2.24) is 9.88 Å². The van der Waals surface area contributed by atoms with Crippen LogP contribution in [0.25, 0.3) is 0 Å². The first-order chi connectivity index (χ1) is 10.1. The van der Waals surface area contributed by atoms with E-state index in [1.165, 1.54) is 4.90 Å². The Morgan fingerprint density at radius 1 is 1.29 bits per heavy atom. The number of halogens is 1. The molecule has 0 bridgehead atoms. The van der Waals surface area contributed by atoms with E-state index in [9.17, 15) is 14.7 Å². The van der Waals surface area contributed by atoms with Gasteiger partial charge in [0.1, 0.15) is 16.9 Å². The summed E-state index contributed by atoms with van der Waals surface area (Å²) < 4.78 is 0. The molecule has 2 heterocycles. The quantitative estimate of drug-likeness (QED) is 0.853. The highest BCUT2D eigenvalue weighted by Gasteiger charge is 2.47. The van der Waals surface area contributed by atoms with Gasteiger partial charge in [-0.3, -0.25) is 4.79 Å². The summed E-state index contributed by atoms with van der Waals surface area (Å²) in [7, 11) is 0. The second kappa shape index (κ2) is 5.64. The monoisotopic (exact) mass is 308 g/mol. The van der Waals surface area contributed by atoms with Crippen LogP contribution in [0.15, 0.2) is 18.2 Å². The maximum atomic E-state index is 12.7. The van der Waals surface area contributed by atoms with Gasteiger partial charge in [-0.1, -0.05) is 30.5 Å². The number of carboxylic acid groups (broad SMARTS) is 1. The summed E-state index contributed by atoms with van der Waals surface area (Å²) in [6.07, 6.45) is 4.58. The topological polar surface area (TPSA) is 70.5 Å². The number of carbonyl (C=O) groups excluding carboxylic acids is 1. The summed E-state index contributed by atoms with van der Waals surface area (Å²) in [4.78, 5) is 29.8. The van der Waals surface area contributed by atoms with E-state index in [2.05, 4.69) is 4.98 Å². The lowest BCUT2D eigenvalue weighted by Crippen LogP contribution is -2.46. The van der Waals surface area contributed by atoms with E-state index in [0.29, 0.717) is 12.3 Å². The minimum atomic E-state index is -0.931. The van der Waals surface area contributed by atoms with E-state index in [-0.39, 0.29) is 22.8 Å². The normalized spacial score (nSPS) is 28.2. The summed E-state index contributed by atoms with van der Waals surface area (Å²) in [5.74, 6) is -0.956. The van der Waals surface area contributed by atoms with Gasteiger partial charge in [-0.25, -0.2) is 9.78 Å². The van der Waals surface area contributed by atoms with Crippen LogP contribution >= 0.6 is 11.6 Å². The van der Waals surface area contributed by atoms with E-state index in [4.69, 9.17) is 11.6 Å². The molecule has 6 heteroatoms. The van der Waals surface area contributed by atoms with Crippen LogP contribution in [0.4, 0.5) is 0 Å².